The molecule has 1 aromatic heterocycles. The summed E-state index contributed by atoms with van der Waals surface area (Å²) in [5.41, 5.74) is -0.334. The van der Waals surface area contributed by atoms with E-state index in [1.807, 2.05) is 0 Å². The third kappa shape index (κ3) is 1.76. The molecule has 0 radical (unpaired) electrons. The first kappa shape index (κ1) is 8.60. The van der Waals surface area contributed by atoms with Crippen LogP contribution in [0.2, 0.25) is 0 Å². The molecule has 1 aromatic rings. The van der Waals surface area contributed by atoms with E-state index in [1.54, 1.807) is 0 Å². The van der Waals surface area contributed by atoms with Gasteiger partial charge < -0.3 is 5.11 Å². The zero-order valence-electron chi connectivity index (χ0n) is 5.67. The summed E-state index contributed by atoms with van der Waals surface area (Å²) in [6, 6.07) is 1.12. The highest BCUT2D eigenvalue weighted by molar-refractivity contribution is 7.72. The summed E-state index contributed by atoms with van der Waals surface area (Å²) in [5, 5.41) is 7.92. The van der Waals surface area contributed by atoms with Crippen LogP contribution in [0.5, 0.6) is 0 Å². The minimum atomic E-state index is -2.92. The van der Waals surface area contributed by atoms with Crippen LogP contribution in [-0.2, 0) is 10.7 Å². The average molecular weight is 188 g/mol. The molecule has 0 aromatic carbocycles. The van der Waals surface area contributed by atoms with E-state index in [0.29, 0.717) is 0 Å². The Hall–Kier alpha value is -1.50. The first-order valence-corrected chi connectivity index (χ1v) is 4.00. The first-order chi connectivity index (χ1) is 5.61. The van der Waals surface area contributed by atoms with E-state index in [1.165, 1.54) is 0 Å². The van der Waals surface area contributed by atoms with Crippen LogP contribution in [0.1, 0.15) is 10.5 Å². The van der Waals surface area contributed by atoms with Crippen molar-refractivity contribution < 1.29 is 18.3 Å². The number of carbonyl (C=O) groups is 1. The smallest absolute Gasteiger partial charge is 0.354 e. The molecule has 0 saturated carbocycles. The molecule has 0 fully saturated rings. The zero-order chi connectivity index (χ0) is 9.14. The van der Waals surface area contributed by atoms with Crippen molar-refractivity contribution in [2.45, 2.75) is 5.16 Å². The molecule has 64 valence electrons. The second-order valence-electron chi connectivity index (χ2n) is 1.80. The molecule has 0 unspecified atom stereocenters. The van der Waals surface area contributed by atoms with Gasteiger partial charge in [-0.1, -0.05) is 0 Å². The van der Waals surface area contributed by atoms with Crippen LogP contribution in [0.25, 0.3) is 0 Å². The van der Waals surface area contributed by atoms with E-state index in [4.69, 9.17) is 5.11 Å². The lowest BCUT2D eigenvalue weighted by atomic mass is 10.4. The Bertz CT molecular complexity index is 379. The maximum atomic E-state index is 10.3. The fourth-order valence-electron chi connectivity index (χ4n) is 0.555. The second-order valence-corrected chi connectivity index (χ2v) is 2.72. The van der Waals surface area contributed by atoms with Gasteiger partial charge in [-0.3, -0.25) is 0 Å². The summed E-state index contributed by atoms with van der Waals surface area (Å²) in [6.45, 7) is 0. The van der Waals surface area contributed by atoms with Crippen molar-refractivity contribution >= 4 is 16.7 Å². The maximum absolute atomic E-state index is 10.3. The number of hydrogen-bond acceptors (Lipinski definition) is 5. The van der Waals surface area contributed by atoms with Crippen LogP contribution in [0.4, 0.5) is 0 Å². The number of aromatic nitrogens is 2. The summed E-state index contributed by atoms with van der Waals surface area (Å²) in [4.78, 5) is 16.9. The summed E-state index contributed by atoms with van der Waals surface area (Å²) in [6.07, 6.45) is 1.08. The topological polar surface area (TPSA) is 97.2 Å². The second kappa shape index (κ2) is 3.26. The highest BCUT2D eigenvalue weighted by Gasteiger charge is 2.06. The molecular formula is C5H4N2O4S. The van der Waals surface area contributed by atoms with Crippen LogP contribution in [0.15, 0.2) is 17.4 Å². The summed E-state index contributed by atoms with van der Waals surface area (Å²) >= 11 is 0. The van der Waals surface area contributed by atoms with Crippen molar-refractivity contribution in [2.24, 2.45) is 0 Å². The molecule has 0 atom stereocenters. The van der Waals surface area contributed by atoms with Gasteiger partial charge in [0.2, 0.25) is 15.9 Å². The molecule has 6 nitrogen and oxygen atoms in total. The monoisotopic (exact) mass is 188 g/mol. The predicted octanol–water partition coefficient (Wildman–Crippen LogP) is -0.855. The molecule has 0 aliphatic carbocycles. The molecule has 0 saturated heterocycles. The first-order valence-electron chi connectivity index (χ1n) is 2.82. The molecule has 12 heavy (non-hydrogen) atoms. The summed E-state index contributed by atoms with van der Waals surface area (Å²) < 4.78 is 20.6. The number of thiol groups is 1. The van der Waals surface area contributed by atoms with Crippen LogP contribution >= 0.6 is 0 Å². The van der Waals surface area contributed by atoms with Crippen LogP contribution in [-0.4, -0.2) is 29.5 Å². The van der Waals surface area contributed by atoms with Crippen molar-refractivity contribution in [2.75, 3.05) is 0 Å². The maximum Gasteiger partial charge on any atom is 0.354 e. The van der Waals surface area contributed by atoms with E-state index in [9.17, 15) is 13.2 Å². The van der Waals surface area contributed by atoms with Crippen molar-refractivity contribution in [3.8, 4) is 0 Å². The quantitative estimate of drug-likeness (QED) is 0.463. The minimum Gasteiger partial charge on any atom is -0.477 e. The van der Waals surface area contributed by atoms with Gasteiger partial charge >= 0.3 is 5.97 Å². The number of carboxylic acid groups (broad SMARTS) is 1. The third-order valence-electron chi connectivity index (χ3n) is 1.03. The summed E-state index contributed by atoms with van der Waals surface area (Å²) in [7, 11) is -2.92. The molecule has 1 heterocycles. The van der Waals surface area contributed by atoms with E-state index in [2.05, 4.69) is 9.97 Å². The molecule has 0 amide bonds. The van der Waals surface area contributed by atoms with E-state index in [-0.39, 0.29) is 5.69 Å². The van der Waals surface area contributed by atoms with Gasteiger partial charge in [-0.15, -0.1) is 0 Å². The fraction of sp³-hybridized carbons (Fsp3) is 0. The number of carboxylic acids is 1. The molecule has 0 aliphatic rings. The van der Waals surface area contributed by atoms with Crippen LogP contribution < -0.4 is 0 Å². The molecule has 0 bridgehead atoms. The largest absolute Gasteiger partial charge is 0.477 e. The standard InChI is InChI=1S/C5H4N2O4S/c8-4(9)3-1-2-6-5(7-3)12(10)11/h1-2,12H,(H,8,9). The van der Waals surface area contributed by atoms with Crippen molar-refractivity contribution in [3.63, 3.8) is 0 Å². The Morgan fingerprint density at radius 2 is 2.17 bits per heavy atom. The Kier molecular flexibility index (Phi) is 2.34. The lowest BCUT2D eigenvalue weighted by molar-refractivity contribution is 0.0689. The molecule has 1 N–H and O–H groups in total. The average Bonchev–Trinajstić information content (AvgIpc) is 2.04. The van der Waals surface area contributed by atoms with Gasteiger partial charge in [-0.2, -0.15) is 0 Å². The van der Waals surface area contributed by atoms with Gasteiger partial charge in [-0.05, 0) is 6.07 Å². The Morgan fingerprint density at radius 3 is 2.67 bits per heavy atom. The SMILES string of the molecule is O=C(O)c1ccnc([SH](=O)=O)n1. The highest BCUT2D eigenvalue weighted by atomic mass is 32.2. The van der Waals surface area contributed by atoms with E-state index < -0.39 is 21.8 Å². The Labute approximate surface area is 68.8 Å². The normalized spacial score (nSPS) is 10.1. The lowest BCUT2D eigenvalue weighted by Gasteiger charge is -1.91. The number of nitrogens with zero attached hydrogens (tertiary/aromatic N) is 2. The highest BCUT2D eigenvalue weighted by Crippen LogP contribution is 1.95. The third-order valence-corrected chi connectivity index (χ3v) is 1.57. The number of aromatic carboxylic acids is 1. The van der Waals surface area contributed by atoms with E-state index >= 15 is 0 Å². The van der Waals surface area contributed by atoms with Gasteiger partial charge in [0.1, 0.15) is 0 Å². The number of rotatable bonds is 2. The van der Waals surface area contributed by atoms with Crippen LogP contribution in [0, 0.1) is 0 Å². The predicted molar refractivity (Wildman–Crippen MR) is 37.6 cm³/mol. The van der Waals surface area contributed by atoms with Gasteiger partial charge in [0.05, 0.1) is 0 Å². The fourth-order valence-corrected chi connectivity index (χ4v) is 0.906. The van der Waals surface area contributed by atoms with Gasteiger partial charge in [0.25, 0.3) is 0 Å². The molecule has 0 aliphatic heterocycles. The van der Waals surface area contributed by atoms with Crippen molar-refractivity contribution in [1.29, 1.82) is 0 Å². The number of hydrogen-bond donors (Lipinski definition) is 2. The van der Waals surface area contributed by atoms with Crippen molar-refractivity contribution in [3.05, 3.63) is 18.0 Å². The molecular weight excluding hydrogens is 184 g/mol. The molecule has 0 spiro atoms. The lowest BCUT2D eigenvalue weighted by Crippen LogP contribution is -2.03. The van der Waals surface area contributed by atoms with Gasteiger partial charge in [0.15, 0.2) is 5.69 Å². The molecule has 1 rings (SSSR count). The Morgan fingerprint density at radius 1 is 1.50 bits per heavy atom. The van der Waals surface area contributed by atoms with Gasteiger partial charge in [-0.25, -0.2) is 23.2 Å². The van der Waals surface area contributed by atoms with Crippen LogP contribution in [0.3, 0.4) is 0 Å². The zero-order valence-corrected chi connectivity index (χ0v) is 6.56. The van der Waals surface area contributed by atoms with Crippen molar-refractivity contribution in [1.82, 2.24) is 9.97 Å². The Balaban J connectivity index is 3.21. The molecule has 7 heteroatoms. The minimum absolute atomic E-state index is 0.334. The summed E-state index contributed by atoms with van der Waals surface area (Å²) in [5.74, 6) is -1.28. The van der Waals surface area contributed by atoms with E-state index in [0.717, 1.165) is 12.3 Å². The van der Waals surface area contributed by atoms with Gasteiger partial charge in [0, 0.05) is 6.20 Å².